The number of hydrogen-bond acceptors (Lipinski definition) is 3. The fraction of sp³-hybridized carbons (Fsp3) is 0. The van der Waals surface area contributed by atoms with Crippen molar-refractivity contribution in [1.82, 2.24) is 9.97 Å². The Morgan fingerprint density at radius 2 is 1.68 bits per heavy atom. The van der Waals surface area contributed by atoms with Gasteiger partial charge in [-0.15, -0.1) is 0 Å². The summed E-state index contributed by atoms with van der Waals surface area (Å²) in [6.45, 7) is 0. The van der Waals surface area contributed by atoms with Crippen LogP contribution in [0.25, 0.3) is 33.1 Å². The summed E-state index contributed by atoms with van der Waals surface area (Å²) in [7, 11) is 0. The van der Waals surface area contributed by atoms with Gasteiger partial charge in [-0.25, -0.2) is 14.4 Å². The monoisotopic (exact) mass is 289 g/mol. The summed E-state index contributed by atoms with van der Waals surface area (Å²) in [5, 5.41) is 2.89. The van der Waals surface area contributed by atoms with Gasteiger partial charge in [0.1, 0.15) is 11.6 Å². The van der Waals surface area contributed by atoms with E-state index in [-0.39, 0.29) is 5.82 Å². The molecule has 3 nitrogen and oxygen atoms in total. The van der Waals surface area contributed by atoms with Gasteiger partial charge in [0.2, 0.25) is 0 Å². The van der Waals surface area contributed by atoms with Crippen molar-refractivity contribution in [3.63, 3.8) is 0 Å². The lowest BCUT2D eigenvalue weighted by molar-refractivity contribution is 0.628. The van der Waals surface area contributed by atoms with Gasteiger partial charge in [-0.3, -0.25) is 0 Å². The SMILES string of the molecule is Nc1nc(-c2cccc(F)c2)nc2c1ccc1ccccc12. The van der Waals surface area contributed by atoms with E-state index in [1.165, 1.54) is 12.1 Å². The summed E-state index contributed by atoms with van der Waals surface area (Å²) in [6.07, 6.45) is 0. The normalized spacial score (nSPS) is 11.1. The number of rotatable bonds is 1. The Labute approximate surface area is 126 Å². The van der Waals surface area contributed by atoms with Crippen molar-refractivity contribution < 1.29 is 4.39 Å². The van der Waals surface area contributed by atoms with Gasteiger partial charge in [0, 0.05) is 16.3 Å². The van der Waals surface area contributed by atoms with Crippen LogP contribution in [0, 0.1) is 5.82 Å². The Morgan fingerprint density at radius 1 is 0.818 bits per heavy atom. The van der Waals surface area contributed by atoms with E-state index in [0.29, 0.717) is 17.2 Å². The molecule has 0 atom stereocenters. The maximum Gasteiger partial charge on any atom is 0.162 e. The third-order valence-electron chi connectivity index (χ3n) is 3.70. The standard InChI is InChI=1S/C18H12FN3/c19-13-6-3-5-12(10-13)18-21-16-14-7-2-1-4-11(14)8-9-15(16)17(20)22-18/h1-10H,(H2,20,21,22). The summed E-state index contributed by atoms with van der Waals surface area (Å²) in [5.74, 6) is 0.508. The molecule has 0 saturated heterocycles. The first kappa shape index (κ1) is 12.7. The van der Waals surface area contributed by atoms with E-state index in [1.807, 2.05) is 36.4 Å². The van der Waals surface area contributed by atoms with Gasteiger partial charge in [-0.2, -0.15) is 0 Å². The van der Waals surface area contributed by atoms with Crippen LogP contribution in [0.2, 0.25) is 0 Å². The van der Waals surface area contributed by atoms with Crippen LogP contribution in [0.15, 0.2) is 60.7 Å². The molecule has 2 N–H and O–H groups in total. The van der Waals surface area contributed by atoms with Crippen LogP contribution in [0.3, 0.4) is 0 Å². The van der Waals surface area contributed by atoms with Crippen LogP contribution >= 0.6 is 0 Å². The molecule has 0 fully saturated rings. The summed E-state index contributed by atoms with van der Waals surface area (Å²) < 4.78 is 13.4. The van der Waals surface area contributed by atoms with Crippen molar-refractivity contribution in [2.24, 2.45) is 0 Å². The number of halogens is 1. The quantitative estimate of drug-likeness (QED) is 0.535. The average molecular weight is 289 g/mol. The Hall–Kier alpha value is -3.01. The average Bonchev–Trinajstić information content (AvgIpc) is 2.54. The molecule has 0 spiro atoms. The summed E-state index contributed by atoms with van der Waals surface area (Å²) >= 11 is 0. The molecule has 0 bridgehead atoms. The predicted molar refractivity (Wildman–Crippen MR) is 86.9 cm³/mol. The van der Waals surface area contributed by atoms with Gasteiger partial charge in [0.05, 0.1) is 5.52 Å². The van der Waals surface area contributed by atoms with Crippen molar-refractivity contribution in [1.29, 1.82) is 0 Å². The molecule has 3 aromatic carbocycles. The first-order valence-electron chi connectivity index (χ1n) is 6.93. The number of nitrogen functional groups attached to an aromatic ring is 1. The summed E-state index contributed by atoms with van der Waals surface area (Å²) in [6, 6.07) is 18.1. The van der Waals surface area contributed by atoms with Crippen molar-refractivity contribution in [3.8, 4) is 11.4 Å². The number of nitrogens with zero attached hydrogens (tertiary/aromatic N) is 2. The van der Waals surface area contributed by atoms with Gasteiger partial charge >= 0.3 is 0 Å². The lowest BCUT2D eigenvalue weighted by Crippen LogP contribution is -1.98. The van der Waals surface area contributed by atoms with Crippen molar-refractivity contribution in [3.05, 3.63) is 66.5 Å². The highest BCUT2D eigenvalue weighted by atomic mass is 19.1. The molecular weight excluding hydrogens is 277 g/mol. The number of hydrogen-bond donors (Lipinski definition) is 1. The van der Waals surface area contributed by atoms with Gasteiger partial charge in [-0.05, 0) is 23.6 Å². The molecule has 106 valence electrons. The summed E-state index contributed by atoms with van der Waals surface area (Å²) in [4.78, 5) is 8.94. The zero-order chi connectivity index (χ0) is 15.1. The number of fused-ring (bicyclic) bond motifs is 3. The van der Waals surface area contributed by atoms with Crippen LogP contribution in [-0.2, 0) is 0 Å². The molecule has 4 rings (SSSR count). The van der Waals surface area contributed by atoms with Crippen LogP contribution in [0.4, 0.5) is 10.2 Å². The molecule has 1 aromatic heterocycles. The van der Waals surface area contributed by atoms with E-state index >= 15 is 0 Å². The van der Waals surface area contributed by atoms with E-state index in [2.05, 4.69) is 9.97 Å². The maximum absolute atomic E-state index is 13.4. The molecule has 1 heterocycles. The van der Waals surface area contributed by atoms with Gasteiger partial charge < -0.3 is 5.73 Å². The Morgan fingerprint density at radius 3 is 2.55 bits per heavy atom. The van der Waals surface area contributed by atoms with E-state index in [0.717, 1.165) is 21.7 Å². The van der Waals surface area contributed by atoms with Crippen LogP contribution in [0.1, 0.15) is 0 Å². The van der Waals surface area contributed by atoms with Crippen LogP contribution in [-0.4, -0.2) is 9.97 Å². The van der Waals surface area contributed by atoms with Crippen molar-refractivity contribution in [2.75, 3.05) is 5.73 Å². The fourth-order valence-corrected chi connectivity index (χ4v) is 2.64. The molecule has 4 heteroatoms. The molecule has 0 aliphatic carbocycles. The Bertz CT molecular complexity index is 1010. The van der Waals surface area contributed by atoms with E-state index < -0.39 is 0 Å². The highest BCUT2D eigenvalue weighted by Crippen LogP contribution is 2.29. The molecule has 0 radical (unpaired) electrons. The molecule has 4 aromatic rings. The number of nitrogens with two attached hydrogens (primary N) is 1. The number of anilines is 1. The molecule has 0 unspecified atom stereocenters. The molecule has 0 amide bonds. The van der Waals surface area contributed by atoms with Gasteiger partial charge in [-0.1, -0.05) is 42.5 Å². The van der Waals surface area contributed by atoms with E-state index in [4.69, 9.17) is 5.73 Å². The summed E-state index contributed by atoms with van der Waals surface area (Å²) in [5.41, 5.74) is 7.47. The second-order valence-electron chi connectivity index (χ2n) is 5.13. The smallest absolute Gasteiger partial charge is 0.162 e. The van der Waals surface area contributed by atoms with Gasteiger partial charge in [0.15, 0.2) is 5.82 Å². The highest BCUT2D eigenvalue weighted by Gasteiger charge is 2.10. The molecule has 0 aliphatic rings. The minimum Gasteiger partial charge on any atom is -0.383 e. The van der Waals surface area contributed by atoms with Crippen molar-refractivity contribution >= 4 is 27.5 Å². The lowest BCUT2D eigenvalue weighted by Gasteiger charge is -2.08. The minimum absolute atomic E-state index is 0.322. The van der Waals surface area contributed by atoms with E-state index in [9.17, 15) is 4.39 Å². The topological polar surface area (TPSA) is 51.8 Å². The highest BCUT2D eigenvalue weighted by molar-refractivity contribution is 6.08. The zero-order valence-corrected chi connectivity index (χ0v) is 11.6. The fourth-order valence-electron chi connectivity index (χ4n) is 2.64. The molecule has 0 aliphatic heterocycles. The molecule has 0 saturated carbocycles. The predicted octanol–water partition coefficient (Wildman–Crippen LogP) is 4.17. The second kappa shape index (κ2) is 4.77. The number of aromatic nitrogens is 2. The molecule has 22 heavy (non-hydrogen) atoms. The number of benzene rings is 3. The first-order valence-corrected chi connectivity index (χ1v) is 6.93. The second-order valence-corrected chi connectivity index (χ2v) is 5.13. The zero-order valence-electron chi connectivity index (χ0n) is 11.6. The minimum atomic E-state index is -0.322. The largest absolute Gasteiger partial charge is 0.383 e. The van der Waals surface area contributed by atoms with E-state index in [1.54, 1.807) is 12.1 Å². The lowest BCUT2D eigenvalue weighted by atomic mass is 10.1. The molecular formula is C18H12FN3. The van der Waals surface area contributed by atoms with Crippen molar-refractivity contribution in [2.45, 2.75) is 0 Å². The third kappa shape index (κ3) is 1.97. The maximum atomic E-state index is 13.4. The van der Waals surface area contributed by atoms with Crippen LogP contribution < -0.4 is 5.73 Å². The first-order chi connectivity index (χ1) is 10.7. The Kier molecular flexibility index (Phi) is 2.76. The van der Waals surface area contributed by atoms with Crippen LogP contribution in [0.5, 0.6) is 0 Å². The third-order valence-corrected chi connectivity index (χ3v) is 3.70. The Balaban J connectivity index is 2.08. The van der Waals surface area contributed by atoms with Gasteiger partial charge in [0.25, 0.3) is 0 Å².